The van der Waals surface area contributed by atoms with Gasteiger partial charge in [-0.25, -0.2) is 4.98 Å². The SMILES string of the molecule is C[C@@H](CN[C@@H](c1ccccc1)[C@H]1CNc2cccnc2N1)c1ccc(C#N)cc1. The molecule has 0 aliphatic carbocycles. The van der Waals surface area contributed by atoms with Crippen molar-refractivity contribution in [2.75, 3.05) is 23.7 Å². The van der Waals surface area contributed by atoms with Gasteiger partial charge in [-0.3, -0.25) is 0 Å². The fourth-order valence-corrected chi connectivity index (χ4v) is 3.77. The maximum atomic E-state index is 9.00. The molecule has 1 aliphatic heterocycles. The van der Waals surface area contributed by atoms with Crippen molar-refractivity contribution in [3.8, 4) is 6.07 Å². The molecule has 0 saturated carbocycles. The van der Waals surface area contributed by atoms with Gasteiger partial charge in [0.05, 0.1) is 29.4 Å². The van der Waals surface area contributed by atoms with Crippen LogP contribution in [0.2, 0.25) is 0 Å². The highest BCUT2D eigenvalue weighted by Gasteiger charge is 2.27. The van der Waals surface area contributed by atoms with Gasteiger partial charge in [-0.15, -0.1) is 0 Å². The summed E-state index contributed by atoms with van der Waals surface area (Å²) in [5.41, 5.74) is 4.21. The third-order valence-corrected chi connectivity index (χ3v) is 5.46. The second-order valence-electron chi connectivity index (χ2n) is 7.46. The van der Waals surface area contributed by atoms with Gasteiger partial charge in [-0.1, -0.05) is 49.4 Å². The number of nitriles is 1. The van der Waals surface area contributed by atoms with Crippen LogP contribution in [0.5, 0.6) is 0 Å². The Kier molecular flexibility index (Phi) is 5.73. The molecule has 1 aromatic heterocycles. The first kappa shape index (κ1) is 19.0. The number of aromatic nitrogens is 1. The second-order valence-corrected chi connectivity index (χ2v) is 7.46. The molecule has 3 aromatic rings. The van der Waals surface area contributed by atoms with Crippen LogP contribution in [0.25, 0.3) is 0 Å². The predicted octanol–water partition coefficient (Wildman–Crippen LogP) is 4.29. The summed E-state index contributed by atoms with van der Waals surface area (Å²) >= 11 is 0. The molecule has 29 heavy (non-hydrogen) atoms. The van der Waals surface area contributed by atoms with Crippen LogP contribution in [-0.4, -0.2) is 24.1 Å². The van der Waals surface area contributed by atoms with Crippen LogP contribution >= 0.6 is 0 Å². The maximum Gasteiger partial charge on any atom is 0.149 e. The van der Waals surface area contributed by atoms with Crippen molar-refractivity contribution in [2.24, 2.45) is 0 Å². The van der Waals surface area contributed by atoms with Crippen molar-refractivity contribution >= 4 is 11.5 Å². The van der Waals surface area contributed by atoms with E-state index in [2.05, 4.69) is 58.2 Å². The molecule has 2 heterocycles. The Hall–Kier alpha value is -3.36. The summed E-state index contributed by atoms with van der Waals surface area (Å²) in [6.45, 7) is 3.86. The van der Waals surface area contributed by atoms with E-state index in [9.17, 15) is 0 Å². The largest absolute Gasteiger partial charge is 0.380 e. The van der Waals surface area contributed by atoms with Crippen LogP contribution in [0.15, 0.2) is 72.9 Å². The van der Waals surface area contributed by atoms with Crippen molar-refractivity contribution in [3.05, 3.63) is 89.6 Å². The zero-order valence-corrected chi connectivity index (χ0v) is 16.5. The molecule has 0 spiro atoms. The Morgan fingerprint density at radius 2 is 1.86 bits per heavy atom. The standard InChI is InChI=1S/C24H25N5/c1-17(19-11-9-18(14-25)10-12-19)15-28-23(20-6-3-2-4-7-20)22-16-27-21-8-5-13-26-24(21)29-22/h2-13,17,22-23,27-28H,15-16H2,1H3,(H,26,29)/t17-,22+,23-/m0/s1. The predicted molar refractivity (Wildman–Crippen MR) is 117 cm³/mol. The molecule has 0 radical (unpaired) electrons. The molecule has 0 unspecified atom stereocenters. The van der Waals surface area contributed by atoms with E-state index in [0.717, 1.165) is 24.6 Å². The number of pyridine rings is 1. The fourth-order valence-electron chi connectivity index (χ4n) is 3.77. The van der Waals surface area contributed by atoms with Gasteiger partial charge in [0.25, 0.3) is 0 Å². The lowest BCUT2D eigenvalue weighted by molar-refractivity contribution is 0.453. The topological polar surface area (TPSA) is 72.8 Å². The lowest BCUT2D eigenvalue weighted by Crippen LogP contribution is -2.45. The number of hydrogen-bond acceptors (Lipinski definition) is 5. The minimum Gasteiger partial charge on any atom is -0.380 e. The molecule has 1 aliphatic rings. The molecular weight excluding hydrogens is 358 g/mol. The van der Waals surface area contributed by atoms with E-state index >= 15 is 0 Å². The minimum absolute atomic E-state index is 0.139. The van der Waals surface area contributed by atoms with Gasteiger partial charge in [0.1, 0.15) is 5.82 Å². The average molecular weight is 383 g/mol. The molecule has 0 saturated heterocycles. The molecule has 0 amide bonds. The summed E-state index contributed by atoms with van der Waals surface area (Å²) in [6, 6.07) is 24.9. The third-order valence-electron chi connectivity index (χ3n) is 5.46. The van der Waals surface area contributed by atoms with Crippen LogP contribution in [-0.2, 0) is 0 Å². The quantitative estimate of drug-likeness (QED) is 0.592. The average Bonchev–Trinajstić information content (AvgIpc) is 2.79. The number of hydrogen-bond donors (Lipinski definition) is 3. The van der Waals surface area contributed by atoms with Crippen LogP contribution in [0.1, 0.15) is 35.6 Å². The molecular formula is C24H25N5. The summed E-state index contributed by atoms with van der Waals surface area (Å²) in [5, 5.41) is 19.9. The molecule has 2 aromatic carbocycles. The molecule has 3 atom stereocenters. The molecule has 0 bridgehead atoms. The molecule has 146 valence electrons. The van der Waals surface area contributed by atoms with Gasteiger partial charge >= 0.3 is 0 Å². The molecule has 4 rings (SSSR count). The second kappa shape index (κ2) is 8.76. The Balaban J connectivity index is 1.50. The van der Waals surface area contributed by atoms with Gasteiger partial charge in [-0.05, 0) is 41.3 Å². The van der Waals surface area contributed by atoms with E-state index in [4.69, 9.17) is 5.26 Å². The van der Waals surface area contributed by atoms with Crippen LogP contribution in [0, 0.1) is 11.3 Å². The number of benzene rings is 2. The van der Waals surface area contributed by atoms with E-state index < -0.39 is 0 Å². The molecule has 0 fully saturated rings. The lowest BCUT2D eigenvalue weighted by atomic mass is 9.95. The van der Waals surface area contributed by atoms with Crippen LogP contribution < -0.4 is 16.0 Å². The zero-order chi connectivity index (χ0) is 20.1. The van der Waals surface area contributed by atoms with Crippen molar-refractivity contribution in [2.45, 2.75) is 24.9 Å². The number of anilines is 2. The highest BCUT2D eigenvalue weighted by Crippen LogP contribution is 2.29. The number of nitrogens with one attached hydrogen (secondary N) is 3. The molecule has 3 N–H and O–H groups in total. The maximum absolute atomic E-state index is 9.00. The zero-order valence-electron chi connectivity index (χ0n) is 16.5. The van der Waals surface area contributed by atoms with Crippen molar-refractivity contribution < 1.29 is 0 Å². The van der Waals surface area contributed by atoms with Gasteiger partial charge in [0.2, 0.25) is 0 Å². The Bertz CT molecular complexity index is 978. The summed E-state index contributed by atoms with van der Waals surface area (Å²) in [7, 11) is 0. The van der Waals surface area contributed by atoms with Gasteiger partial charge in [0.15, 0.2) is 0 Å². The number of fused-ring (bicyclic) bond motifs is 1. The number of nitrogens with zero attached hydrogens (tertiary/aromatic N) is 2. The Morgan fingerprint density at radius 3 is 2.62 bits per heavy atom. The fraction of sp³-hybridized carbons (Fsp3) is 0.250. The van der Waals surface area contributed by atoms with Crippen molar-refractivity contribution in [1.82, 2.24) is 10.3 Å². The monoisotopic (exact) mass is 383 g/mol. The first-order valence-electron chi connectivity index (χ1n) is 9.98. The van der Waals surface area contributed by atoms with E-state index in [0.29, 0.717) is 11.5 Å². The van der Waals surface area contributed by atoms with Gasteiger partial charge < -0.3 is 16.0 Å². The highest BCUT2D eigenvalue weighted by atomic mass is 15.2. The Labute approximate surface area is 171 Å². The smallest absolute Gasteiger partial charge is 0.149 e. The summed E-state index contributed by atoms with van der Waals surface area (Å²) in [5.74, 6) is 1.22. The van der Waals surface area contributed by atoms with Gasteiger partial charge in [0, 0.05) is 19.3 Å². The molecule has 5 nitrogen and oxygen atoms in total. The van der Waals surface area contributed by atoms with E-state index in [1.165, 1.54) is 11.1 Å². The number of rotatable bonds is 6. The highest BCUT2D eigenvalue weighted by molar-refractivity contribution is 5.67. The van der Waals surface area contributed by atoms with Crippen molar-refractivity contribution in [3.63, 3.8) is 0 Å². The normalized spacial score (nSPS) is 17.2. The summed E-state index contributed by atoms with van der Waals surface area (Å²) in [6.07, 6.45) is 1.81. The summed E-state index contributed by atoms with van der Waals surface area (Å²) < 4.78 is 0. The van der Waals surface area contributed by atoms with Crippen LogP contribution in [0.3, 0.4) is 0 Å². The summed E-state index contributed by atoms with van der Waals surface area (Å²) in [4.78, 5) is 4.48. The van der Waals surface area contributed by atoms with E-state index in [1.807, 2.05) is 48.7 Å². The minimum atomic E-state index is 0.139. The van der Waals surface area contributed by atoms with E-state index in [1.54, 1.807) is 0 Å². The first-order valence-corrected chi connectivity index (χ1v) is 9.98. The van der Waals surface area contributed by atoms with Crippen molar-refractivity contribution in [1.29, 1.82) is 5.26 Å². The first-order chi connectivity index (χ1) is 14.2. The third kappa shape index (κ3) is 4.39. The van der Waals surface area contributed by atoms with Crippen LogP contribution in [0.4, 0.5) is 11.5 Å². The molecule has 5 heteroatoms. The van der Waals surface area contributed by atoms with E-state index in [-0.39, 0.29) is 12.1 Å². The van der Waals surface area contributed by atoms with Gasteiger partial charge in [-0.2, -0.15) is 5.26 Å². The Morgan fingerprint density at radius 1 is 1.07 bits per heavy atom. The lowest BCUT2D eigenvalue weighted by Gasteiger charge is -2.35.